The lowest BCUT2D eigenvalue weighted by molar-refractivity contribution is -0.160. The van der Waals surface area contributed by atoms with E-state index in [1.807, 2.05) is 0 Å². The van der Waals surface area contributed by atoms with Crippen molar-refractivity contribution in [2.24, 2.45) is 0 Å². The van der Waals surface area contributed by atoms with Gasteiger partial charge in [-0.3, -0.25) is 9.59 Å². The van der Waals surface area contributed by atoms with E-state index in [4.69, 9.17) is 0 Å². The fourth-order valence-electron chi connectivity index (χ4n) is 2.39. The van der Waals surface area contributed by atoms with Crippen molar-refractivity contribution < 1.29 is 14.7 Å². The zero-order valence-electron chi connectivity index (χ0n) is 11.0. The minimum atomic E-state index is -0.814. The van der Waals surface area contributed by atoms with Gasteiger partial charge in [0.15, 0.2) is 0 Å². The first-order valence-electron chi connectivity index (χ1n) is 6.41. The van der Waals surface area contributed by atoms with Gasteiger partial charge in [0, 0.05) is 32.7 Å². The van der Waals surface area contributed by atoms with Crippen molar-refractivity contribution >= 4 is 11.8 Å². The Morgan fingerprint density at radius 1 is 1.39 bits per heavy atom. The number of amides is 2. The lowest BCUT2D eigenvalue weighted by Crippen LogP contribution is -2.65. The van der Waals surface area contributed by atoms with Crippen molar-refractivity contribution in [3.63, 3.8) is 0 Å². The van der Waals surface area contributed by atoms with Crippen LogP contribution in [0, 0.1) is 0 Å². The molecule has 6 nitrogen and oxygen atoms in total. The van der Waals surface area contributed by atoms with E-state index in [9.17, 15) is 14.7 Å². The summed E-state index contributed by atoms with van der Waals surface area (Å²) >= 11 is 0. The van der Waals surface area contributed by atoms with Crippen molar-refractivity contribution in [1.82, 2.24) is 15.1 Å². The van der Waals surface area contributed by atoms with Gasteiger partial charge in [0.1, 0.15) is 0 Å². The molecule has 0 aromatic carbocycles. The number of aliphatic hydroxyl groups is 1. The van der Waals surface area contributed by atoms with E-state index in [-0.39, 0.29) is 6.04 Å². The van der Waals surface area contributed by atoms with Crippen LogP contribution in [0.4, 0.5) is 0 Å². The normalized spacial score (nSPS) is 25.4. The van der Waals surface area contributed by atoms with Gasteiger partial charge in [-0.2, -0.15) is 0 Å². The molecule has 2 aliphatic rings. The monoisotopic (exact) mass is 255 g/mol. The minimum absolute atomic E-state index is 0.0748. The second-order valence-corrected chi connectivity index (χ2v) is 5.67. The number of hydrogen-bond acceptors (Lipinski definition) is 4. The molecule has 0 aromatic heterocycles. The van der Waals surface area contributed by atoms with Gasteiger partial charge in [-0.1, -0.05) is 0 Å². The van der Waals surface area contributed by atoms with Gasteiger partial charge >= 0.3 is 11.8 Å². The van der Waals surface area contributed by atoms with Crippen molar-refractivity contribution in [2.45, 2.75) is 31.9 Å². The van der Waals surface area contributed by atoms with Crippen LogP contribution in [0.15, 0.2) is 0 Å². The van der Waals surface area contributed by atoms with Crippen molar-refractivity contribution in [1.29, 1.82) is 0 Å². The van der Waals surface area contributed by atoms with Gasteiger partial charge in [0.25, 0.3) is 0 Å². The molecule has 0 radical (unpaired) electrons. The van der Waals surface area contributed by atoms with Gasteiger partial charge in [0.2, 0.25) is 0 Å². The molecule has 2 amide bonds. The number of carbonyl (C=O) groups is 2. The zero-order valence-corrected chi connectivity index (χ0v) is 11.0. The quantitative estimate of drug-likeness (QED) is 0.621. The van der Waals surface area contributed by atoms with Gasteiger partial charge < -0.3 is 20.2 Å². The number of piperazine rings is 2. The molecule has 0 bridgehead atoms. The standard InChI is InChI=1S/C12H21N3O3/c1-12(2,18)3-5-14-8-9-7-13-4-6-15(9)11(17)10(14)16/h9,13,18H,3-8H2,1-2H3. The molecule has 1 atom stereocenters. The fourth-order valence-corrected chi connectivity index (χ4v) is 2.39. The molecule has 0 aliphatic carbocycles. The molecule has 6 heteroatoms. The molecular weight excluding hydrogens is 234 g/mol. The van der Waals surface area contributed by atoms with Crippen LogP contribution in [-0.4, -0.2) is 71.1 Å². The Morgan fingerprint density at radius 3 is 2.78 bits per heavy atom. The maximum absolute atomic E-state index is 11.9. The van der Waals surface area contributed by atoms with E-state index in [1.54, 1.807) is 23.6 Å². The van der Waals surface area contributed by atoms with Crippen LogP contribution < -0.4 is 5.32 Å². The fraction of sp³-hybridized carbons (Fsp3) is 0.833. The second-order valence-electron chi connectivity index (χ2n) is 5.67. The largest absolute Gasteiger partial charge is 0.390 e. The third kappa shape index (κ3) is 2.81. The number of nitrogens with one attached hydrogen (secondary N) is 1. The van der Waals surface area contributed by atoms with E-state index < -0.39 is 17.4 Å². The minimum Gasteiger partial charge on any atom is -0.390 e. The highest BCUT2D eigenvalue weighted by Gasteiger charge is 2.40. The first-order chi connectivity index (χ1) is 8.38. The van der Waals surface area contributed by atoms with E-state index in [0.717, 1.165) is 13.1 Å². The average molecular weight is 255 g/mol. The summed E-state index contributed by atoms with van der Waals surface area (Å²) < 4.78 is 0. The molecule has 2 N–H and O–H groups in total. The lowest BCUT2D eigenvalue weighted by atomic mass is 10.0. The molecule has 1 unspecified atom stereocenters. The van der Waals surface area contributed by atoms with E-state index in [1.165, 1.54) is 0 Å². The molecule has 2 saturated heterocycles. The second kappa shape index (κ2) is 4.85. The Labute approximate surface area is 107 Å². The Bertz CT molecular complexity index is 351. The third-order valence-corrected chi connectivity index (χ3v) is 3.51. The van der Waals surface area contributed by atoms with Crippen molar-refractivity contribution in [3.8, 4) is 0 Å². The van der Waals surface area contributed by atoms with Crippen LogP contribution in [0.2, 0.25) is 0 Å². The highest BCUT2D eigenvalue weighted by atomic mass is 16.3. The highest BCUT2D eigenvalue weighted by Crippen LogP contribution is 2.16. The van der Waals surface area contributed by atoms with Crippen LogP contribution in [0.25, 0.3) is 0 Å². The molecule has 2 fully saturated rings. The SMILES string of the molecule is CC(C)(O)CCN1CC2CNCCN2C(=O)C1=O. The first kappa shape index (κ1) is 13.3. The highest BCUT2D eigenvalue weighted by molar-refractivity contribution is 6.35. The summed E-state index contributed by atoms with van der Waals surface area (Å²) in [6.07, 6.45) is 0.478. The molecule has 0 saturated carbocycles. The van der Waals surface area contributed by atoms with Crippen LogP contribution in [0.3, 0.4) is 0 Å². The Morgan fingerprint density at radius 2 is 2.11 bits per heavy atom. The summed E-state index contributed by atoms with van der Waals surface area (Å²) in [5, 5.41) is 12.9. The molecule has 18 heavy (non-hydrogen) atoms. The predicted octanol–water partition coefficient (Wildman–Crippen LogP) is -1.21. The molecule has 0 spiro atoms. The molecule has 2 aliphatic heterocycles. The number of carbonyl (C=O) groups excluding carboxylic acids is 2. The summed E-state index contributed by atoms with van der Waals surface area (Å²) in [5.74, 6) is -0.833. The topological polar surface area (TPSA) is 72.9 Å². The van der Waals surface area contributed by atoms with Gasteiger partial charge in [0.05, 0.1) is 11.6 Å². The summed E-state index contributed by atoms with van der Waals surface area (Å²) in [6.45, 7) is 6.49. The molecule has 2 heterocycles. The van der Waals surface area contributed by atoms with E-state index in [0.29, 0.717) is 26.1 Å². The molecular formula is C12H21N3O3. The smallest absolute Gasteiger partial charge is 0.312 e. The van der Waals surface area contributed by atoms with Crippen LogP contribution in [0.5, 0.6) is 0 Å². The Hall–Kier alpha value is -1.14. The summed E-state index contributed by atoms with van der Waals surface area (Å²) in [7, 11) is 0. The maximum atomic E-state index is 11.9. The Kier molecular flexibility index (Phi) is 3.59. The summed E-state index contributed by atoms with van der Waals surface area (Å²) in [6, 6.07) is 0.0748. The van der Waals surface area contributed by atoms with Crippen molar-refractivity contribution in [2.75, 3.05) is 32.7 Å². The van der Waals surface area contributed by atoms with E-state index in [2.05, 4.69) is 5.32 Å². The summed E-state index contributed by atoms with van der Waals surface area (Å²) in [5.41, 5.74) is -0.814. The first-order valence-corrected chi connectivity index (χ1v) is 6.41. The Balaban J connectivity index is 2.00. The molecule has 2 rings (SSSR count). The average Bonchev–Trinajstić information content (AvgIpc) is 2.31. The third-order valence-electron chi connectivity index (χ3n) is 3.51. The number of fused-ring (bicyclic) bond motifs is 1. The van der Waals surface area contributed by atoms with Gasteiger partial charge in [-0.05, 0) is 20.3 Å². The van der Waals surface area contributed by atoms with Gasteiger partial charge in [-0.15, -0.1) is 0 Å². The van der Waals surface area contributed by atoms with Crippen LogP contribution >= 0.6 is 0 Å². The lowest BCUT2D eigenvalue weighted by Gasteiger charge is -2.43. The van der Waals surface area contributed by atoms with Crippen LogP contribution in [-0.2, 0) is 9.59 Å². The number of nitrogens with zero attached hydrogens (tertiary/aromatic N) is 2. The zero-order chi connectivity index (χ0) is 13.3. The number of rotatable bonds is 3. The molecule has 102 valence electrons. The van der Waals surface area contributed by atoms with Gasteiger partial charge in [-0.25, -0.2) is 0 Å². The predicted molar refractivity (Wildman–Crippen MR) is 65.9 cm³/mol. The van der Waals surface area contributed by atoms with E-state index >= 15 is 0 Å². The maximum Gasteiger partial charge on any atom is 0.312 e. The number of hydrogen-bond donors (Lipinski definition) is 2. The molecule has 0 aromatic rings. The van der Waals surface area contributed by atoms with Crippen molar-refractivity contribution in [3.05, 3.63) is 0 Å². The van der Waals surface area contributed by atoms with Crippen LogP contribution in [0.1, 0.15) is 20.3 Å². The summed E-state index contributed by atoms with van der Waals surface area (Å²) in [4.78, 5) is 27.1.